The van der Waals surface area contributed by atoms with Gasteiger partial charge in [-0.05, 0) is 241 Å². The molecular formula is C83H68N2. The third-order valence-electron chi connectivity index (χ3n) is 20.0. The Bertz CT molecular complexity index is 4400. The smallest absolute Gasteiger partial charge is 0.0468 e. The van der Waals surface area contributed by atoms with Crippen LogP contribution in [0.1, 0.15) is 68.6 Å². The summed E-state index contributed by atoms with van der Waals surface area (Å²) in [4.78, 5) is 4.93. The molecule has 0 amide bonds. The molecule has 0 heterocycles. The van der Waals surface area contributed by atoms with E-state index in [1.54, 1.807) is 0 Å². The minimum Gasteiger partial charge on any atom is -0.310 e. The molecule has 5 aliphatic carbocycles. The van der Waals surface area contributed by atoms with Crippen molar-refractivity contribution in [3.8, 4) is 66.8 Å². The fourth-order valence-corrected chi connectivity index (χ4v) is 16.2. The summed E-state index contributed by atoms with van der Waals surface area (Å²) in [5.74, 6) is 4.15. The Hall–Kier alpha value is -9.50. The van der Waals surface area contributed by atoms with Crippen molar-refractivity contribution in [1.82, 2.24) is 0 Å². The number of benzene rings is 12. The first kappa shape index (κ1) is 51.2. The van der Waals surface area contributed by atoms with Gasteiger partial charge in [-0.15, -0.1) is 0 Å². The zero-order valence-electron chi connectivity index (χ0n) is 48.5. The molecule has 0 aromatic heterocycles. The molecule has 5 aliphatic rings. The van der Waals surface area contributed by atoms with Gasteiger partial charge in [0, 0.05) is 39.5 Å². The number of rotatable bonds is 12. The second kappa shape index (κ2) is 21.0. The van der Waals surface area contributed by atoms with Gasteiger partial charge in [0.05, 0.1) is 0 Å². The molecule has 410 valence electrons. The summed E-state index contributed by atoms with van der Waals surface area (Å²) in [5.41, 5.74) is 25.7. The molecule has 12 aromatic rings. The summed E-state index contributed by atoms with van der Waals surface area (Å²) in [7, 11) is 0. The lowest BCUT2D eigenvalue weighted by atomic mass is 9.51. The van der Waals surface area contributed by atoms with E-state index in [1.807, 2.05) is 0 Å². The average molecular weight is 1090 g/mol. The highest BCUT2D eigenvalue weighted by Crippen LogP contribution is 2.60. The maximum Gasteiger partial charge on any atom is 0.0468 e. The maximum absolute atomic E-state index is 2.57. The summed E-state index contributed by atoms with van der Waals surface area (Å²) in [6.07, 6.45) is 7.12. The Morgan fingerprint density at radius 1 is 0.271 bits per heavy atom. The van der Waals surface area contributed by atoms with Crippen LogP contribution in [0.2, 0.25) is 0 Å². The topological polar surface area (TPSA) is 6.48 Å². The summed E-state index contributed by atoms with van der Waals surface area (Å²) in [6, 6.07) is 107. The van der Waals surface area contributed by atoms with Gasteiger partial charge in [-0.25, -0.2) is 0 Å². The summed E-state index contributed by atoms with van der Waals surface area (Å²) < 4.78 is 0. The normalized spacial score (nSPS) is 18.7. The van der Waals surface area contributed by atoms with Crippen LogP contribution in [0.5, 0.6) is 0 Å². The lowest BCUT2D eigenvalue weighted by Crippen LogP contribution is -2.43. The number of fused-ring (bicyclic) bond motifs is 4. The first-order valence-corrected chi connectivity index (χ1v) is 30.9. The van der Waals surface area contributed by atoms with Gasteiger partial charge < -0.3 is 9.80 Å². The molecular weight excluding hydrogens is 1020 g/mol. The van der Waals surface area contributed by atoms with Crippen molar-refractivity contribution in [3.05, 3.63) is 302 Å². The van der Waals surface area contributed by atoms with E-state index in [-0.39, 0.29) is 5.41 Å². The van der Waals surface area contributed by atoms with Crippen LogP contribution in [-0.2, 0) is 5.41 Å². The van der Waals surface area contributed by atoms with Crippen molar-refractivity contribution in [3.63, 3.8) is 0 Å². The SMILES string of the molecule is CC1(C)c2ccccc2-c2ccc(N(c3ccc(-c4cc(-c5ccccc5)c(-c5ccc(N(c6ccc(-c7ccccc7)cc6)c6ccc7ccccc7c6)cc5)cc4-c4ccccc4)cc3)c3cccc(C4C5CC6CC(C5)CC4C6)c3)cc21. The Balaban J connectivity index is 0.804. The lowest BCUT2D eigenvalue weighted by Gasteiger charge is -2.54. The van der Waals surface area contributed by atoms with E-state index < -0.39 is 0 Å². The van der Waals surface area contributed by atoms with Gasteiger partial charge in [0.2, 0.25) is 0 Å². The molecule has 4 saturated carbocycles. The number of hydrogen-bond donors (Lipinski definition) is 0. The molecule has 4 fully saturated rings. The predicted molar refractivity (Wildman–Crippen MR) is 358 cm³/mol. The van der Waals surface area contributed by atoms with Gasteiger partial charge in [0.1, 0.15) is 0 Å². The molecule has 0 unspecified atom stereocenters. The quantitative estimate of drug-likeness (QED) is 0.120. The highest BCUT2D eigenvalue weighted by Gasteiger charge is 2.48. The molecule has 0 N–H and O–H groups in total. The van der Waals surface area contributed by atoms with Crippen LogP contribution in [0.15, 0.2) is 285 Å². The van der Waals surface area contributed by atoms with Crippen molar-refractivity contribution >= 4 is 44.9 Å². The highest BCUT2D eigenvalue weighted by molar-refractivity contribution is 5.97. The van der Waals surface area contributed by atoms with Crippen molar-refractivity contribution in [2.24, 2.45) is 23.7 Å². The van der Waals surface area contributed by atoms with E-state index >= 15 is 0 Å². The molecule has 17 rings (SSSR count). The first-order valence-electron chi connectivity index (χ1n) is 30.9. The van der Waals surface area contributed by atoms with Crippen LogP contribution < -0.4 is 9.80 Å². The third kappa shape index (κ3) is 9.18. The van der Waals surface area contributed by atoms with E-state index in [0.717, 1.165) is 52.0 Å². The molecule has 4 bridgehead atoms. The standard InChI is InChI=1S/C83H68N2/c1-83(2)80-28-15-14-27-74(80)75-44-43-73(52-81(75)83)85(71-26-16-25-65(51-71)82-66-46-55-45-56(48-66)49-67(82)47-55)70-40-34-63(35-41-70)79-54-76(60-20-8-4-9-21-60)78(53-77(79)61-22-10-5-11-23-61)62-32-38-69(39-33-62)84(72-42-31-58-19-12-13-24-64(58)50-72)68-36-29-59(30-37-68)57-17-6-3-7-18-57/h3-44,50-56,66-67,82H,45-49H2,1-2H3. The van der Waals surface area contributed by atoms with Gasteiger partial charge in [0.15, 0.2) is 0 Å². The second-order valence-electron chi connectivity index (χ2n) is 25.3. The van der Waals surface area contributed by atoms with E-state index in [2.05, 4.69) is 309 Å². The van der Waals surface area contributed by atoms with Crippen molar-refractivity contribution in [2.75, 3.05) is 9.80 Å². The summed E-state index contributed by atoms with van der Waals surface area (Å²) >= 11 is 0. The zero-order valence-corrected chi connectivity index (χ0v) is 48.5. The predicted octanol–water partition coefficient (Wildman–Crippen LogP) is 23.0. The molecule has 2 heteroatoms. The van der Waals surface area contributed by atoms with Crippen LogP contribution in [-0.4, -0.2) is 0 Å². The van der Waals surface area contributed by atoms with Gasteiger partial charge >= 0.3 is 0 Å². The van der Waals surface area contributed by atoms with Crippen LogP contribution >= 0.6 is 0 Å². The van der Waals surface area contributed by atoms with Gasteiger partial charge in [-0.3, -0.25) is 0 Å². The van der Waals surface area contributed by atoms with E-state index in [4.69, 9.17) is 0 Å². The van der Waals surface area contributed by atoms with Crippen LogP contribution in [0.4, 0.5) is 34.1 Å². The molecule has 2 nitrogen and oxygen atoms in total. The molecule has 0 radical (unpaired) electrons. The molecule has 0 saturated heterocycles. The number of nitrogens with zero attached hydrogens (tertiary/aromatic N) is 2. The fraction of sp³-hybridized carbons (Fsp3) is 0.157. The Kier molecular flexibility index (Phi) is 12.6. The van der Waals surface area contributed by atoms with E-state index in [9.17, 15) is 0 Å². The first-order chi connectivity index (χ1) is 41.8. The Morgan fingerprint density at radius 3 is 1.26 bits per heavy atom. The minimum atomic E-state index is -0.119. The Labute approximate surface area is 501 Å². The largest absolute Gasteiger partial charge is 0.310 e. The molecule has 0 atom stereocenters. The van der Waals surface area contributed by atoms with Crippen LogP contribution in [0.3, 0.4) is 0 Å². The lowest BCUT2D eigenvalue weighted by molar-refractivity contribution is -0.00276. The zero-order chi connectivity index (χ0) is 56.6. The third-order valence-corrected chi connectivity index (χ3v) is 20.0. The van der Waals surface area contributed by atoms with Gasteiger partial charge in [0.25, 0.3) is 0 Å². The molecule has 12 aromatic carbocycles. The second-order valence-corrected chi connectivity index (χ2v) is 25.3. The Morgan fingerprint density at radius 2 is 0.682 bits per heavy atom. The van der Waals surface area contributed by atoms with Crippen LogP contribution in [0.25, 0.3) is 77.5 Å². The monoisotopic (exact) mass is 1090 g/mol. The highest BCUT2D eigenvalue weighted by atomic mass is 15.1. The average Bonchev–Trinajstić information content (AvgIpc) is 2.97. The molecule has 0 aliphatic heterocycles. The van der Waals surface area contributed by atoms with Gasteiger partial charge in [-0.1, -0.05) is 214 Å². The van der Waals surface area contributed by atoms with E-state index in [1.165, 1.54) is 132 Å². The maximum atomic E-state index is 2.57. The number of hydrogen-bond acceptors (Lipinski definition) is 2. The summed E-state index contributed by atoms with van der Waals surface area (Å²) in [5, 5.41) is 2.44. The van der Waals surface area contributed by atoms with Gasteiger partial charge in [-0.2, -0.15) is 0 Å². The van der Waals surface area contributed by atoms with Crippen molar-refractivity contribution < 1.29 is 0 Å². The molecule has 0 spiro atoms. The minimum absolute atomic E-state index is 0.119. The molecule has 85 heavy (non-hydrogen) atoms. The van der Waals surface area contributed by atoms with Crippen molar-refractivity contribution in [2.45, 2.75) is 57.3 Å². The number of anilines is 6. The van der Waals surface area contributed by atoms with Crippen molar-refractivity contribution in [1.29, 1.82) is 0 Å². The van der Waals surface area contributed by atoms with E-state index in [0.29, 0.717) is 5.92 Å². The van der Waals surface area contributed by atoms with Crippen LogP contribution in [0, 0.1) is 23.7 Å². The summed E-state index contributed by atoms with van der Waals surface area (Å²) in [6.45, 7) is 4.80. The fourth-order valence-electron chi connectivity index (χ4n) is 16.2.